The van der Waals surface area contributed by atoms with Crippen molar-refractivity contribution in [1.29, 1.82) is 0 Å². The first-order valence-corrected chi connectivity index (χ1v) is 16.2. The van der Waals surface area contributed by atoms with E-state index in [9.17, 15) is 32.7 Å². The highest BCUT2D eigenvalue weighted by Crippen LogP contribution is 2.57. The molecule has 1 saturated carbocycles. The molecule has 228 valence electrons. The maximum absolute atomic E-state index is 13.2. The summed E-state index contributed by atoms with van der Waals surface area (Å²) in [5.41, 5.74) is -1.78. The molecule has 1 heterocycles. The lowest BCUT2D eigenvalue weighted by Gasteiger charge is -2.24. The number of ether oxygens (including phenoxy) is 1. The van der Waals surface area contributed by atoms with Crippen molar-refractivity contribution in [3.8, 4) is 0 Å². The minimum Gasteiger partial charge on any atom is -0.444 e. The minimum atomic E-state index is -3.79. The van der Waals surface area contributed by atoms with Crippen molar-refractivity contribution in [3.05, 3.63) is 12.2 Å². The highest BCUT2D eigenvalue weighted by molar-refractivity contribution is 7.89. The van der Waals surface area contributed by atoms with Gasteiger partial charge in [-0.2, -0.15) is 0 Å². The van der Waals surface area contributed by atoms with Crippen LogP contribution in [0.25, 0.3) is 0 Å². The Kier molecular flexibility index (Phi) is 11.9. The lowest BCUT2D eigenvalue weighted by Crippen LogP contribution is -2.42. The van der Waals surface area contributed by atoms with Gasteiger partial charge < -0.3 is 15.2 Å². The normalized spacial score (nSPS) is 27.8. The zero-order valence-electron chi connectivity index (χ0n) is 24.4. The van der Waals surface area contributed by atoms with E-state index in [0.717, 1.165) is 25.5 Å². The zero-order chi connectivity index (χ0) is 30.5. The number of aliphatic hydroxyl groups excluding tert-OH is 1. The SMILES string of the molecule is CC(=O)[C@H](CCCCC/C=C\[C@@H]1C[C@]1(CC(=O)[C@@H]1C(C)[C@@H](O)CN1P)C(=O)NS(C)(=O)=O)NC(=O)OC(C)(C)C. The van der Waals surface area contributed by atoms with E-state index in [4.69, 9.17) is 4.74 Å². The van der Waals surface area contributed by atoms with E-state index in [-0.39, 0.29) is 29.8 Å². The molecule has 0 aromatic carbocycles. The van der Waals surface area contributed by atoms with E-state index in [2.05, 4.69) is 19.4 Å². The lowest BCUT2D eigenvalue weighted by atomic mass is 9.88. The second kappa shape index (κ2) is 13.9. The maximum Gasteiger partial charge on any atom is 0.408 e. The van der Waals surface area contributed by atoms with Gasteiger partial charge in [-0.3, -0.25) is 23.8 Å². The third-order valence-electron chi connectivity index (χ3n) is 7.46. The predicted octanol–water partition coefficient (Wildman–Crippen LogP) is 2.49. The van der Waals surface area contributed by atoms with Crippen molar-refractivity contribution in [2.45, 2.75) is 103 Å². The van der Waals surface area contributed by atoms with Gasteiger partial charge in [0, 0.05) is 18.9 Å². The number of amides is 2. The Bertz CT molecular complexity index is 1090. The van der Waals surface area contributed by atoms with Crippen molar-refractivity contribution >= 4 is 43.0 Å². The summed E-state index contributed by atoms with van der Waals surface area (Å²) in [6.45, 7) is 8.82. The summed E-state index contributed by atoms with van der Waals surface area (Å²) in [6, 6.07) is -1.17. The molecule has 2 fully saturated rings. The molecule has 0 bridgehead atoms. The molecule has 0 radical (unpaired) electrons. The summed E-state index contributed by atoms with van der Waals surface area (Å²) in [5, 5.41) is 12.8. The summed E-state index contributed by atoms with van der Waals surface area (Å²) in [4.78, 5) is 50.1. The number of nitrogens with zero attached hydrogens (tertiary/aromatic N) is 1. The summed E-state index contributed by atoms with van der Waals surface area (Å²) >= 11 is 0. The van der Waals surface area contributed by atoms with Crippen LogP contribution in [0.15, 0.2) is 12.2 Å². The third-order valence-corrected chi connectivity index (χ3v) is 8.55. The number of aliphatic hydroxyl groups is 1. The molecule has 1 saturated heterocycles. The third kappa shape index (κ3) is 10.2. The number of hydrogen-bond donors (Lipinski definition) is 3. The Morgan fingerprint density at radius 2 is 1.85 bits per heavy atom. The summed E-state index contributed by atoms with van der Waals surface area (Å²) in [7, 11) is -1.33. The number of ketones is 2. The number of hydrogen-bond acceptors (Lipinski definition) is 9. The van der Waals surface area contributed by atoms with Crippen molar-refractivity contribution in [2.75, 3.05) is 12.8 Å². The van der Waals surface area contributed by atoms with Crippen LogP contribution in [0.3, 0.4) is 0 Å². The number of carbonyl (C=O) groups is 4. The molecule has 1 aliphatic carbocycles. The first-order chi connectivity index (χ1) is 18.4. The van der Waals surface area contributed by atoms with Gasteiger partial charge in [0.1, 0.15) is 5.60 Å². The number of β-amino-alcohol motifs (C(OH)–C–C–N with tert-alkyl or cyclic N) is 1. The summed E-state index contributed by atoms with van der Waals surface area (Å²) < 4.78 is 32.5. The van der Waals surface area contributed by atoms with Crippen LogP contribution < -0.4 is 10.0 Å². The molecular formula is C27H46N3O8PS. The van der Waals surface area contributed by atoms with Gasteiger partial charge >= 0.3 is 6.09 Å². The van der Waals surface area contributed by atoms with Gasteiger partial charge in [-0.25, -0.2) is 13.2 Å². The van der Waals surface area contributed by atoms with E-state index in [1.807, 2.05) is 12.2 Å². The molecular weight excluding hydrogens is 557 g/mol. The number of alkyl carbamates (subject to hydrolysis) is 1. The number of sulfonamides is 1. The Morgan fingerprint density at radius 3 is 2.38 bits per heavy atom. The van der Waals surface area contributed by atoms with Crippen LogP contribution in [0.4, 0.5) is 4.79 Å². The molecule has 2 unspecified atom stereocenters. The molecule has 0 spiro atoms. The van der Waals surface area contributed by atoms with E-state index in [0.29, 0.717) is 25.8 Å². The quantitative estimate of drug-likeness (QED) is 0.154. The van der Waals surface area contributed by atoms with Gasteiger partial charge in [0.2, 0.25) is 15.9 Å². The van der Waals surface area contributed by atoms with Gasteiger partial charge in [-0.15, -0.1) is 0 Å². The average Bonchev–Trinajstić information content (AvgIpc) is 3.41. The van der Waals surface area contributed by atoms with Crippen LogP contribution in [0.1, 0.15) is 79.6 Å². The number of rotatable bonds is 14. The van der Waals surface area contributed by atoms with Gasteiger partial charge in [-0.05, 0) is 59.3 Å². The molecule has 13 heteroatoms. The first-order valence-electron chi connectivity index (χ1n) is 13.8. The van der Waals surface area contributed by atoms with E-state index in [1.165, 1.54) is 6.92 Å². The van der Waals surface area contributed by atoms with Crippen molar-refractivity contribution < 1.29 is 37.4 Å². The summed E-state index contributed by atoms with van der Waals surface area (Å²) in [5.74, 6) is -1.57. The number of allylic oxidation sites excluding steroid dienone is 2. The van der Waals surface area contributed by atoms with E-state index in [1.54, 1.807) is 32.4 Å². The van der Waals surface area contributed by atoms with Crippen LogP contribution in [0.5, 0.6) is 0 Å². The molecule has 11 nitrogen and oxygen atoms in total. The highest BCUT2D eigenvalue weighted by atomic mass is 32.2. The van der Waals surface area contributed by atoms with Crippen LogP contribution in [0, 0.1) is 17.3 Å². The van der Waals surface area contributed by atoms with Crippen molar-refractivity contribution in [3.63, 3.8) is 0 Å². The Hall–Kier alpha value is -1.88. The molecule has 2 aliphatic rings. The molecule has 2 amide bonds. The maximum atomic E-state index is 13.2. The Morgan fingerprint density at radius 1 is 1.20 bits per heavy atom. The van der Waals surface area contributed by atoms with E-state index >= 15 is 0 Å². The van der Waals surface area contributed by atoms with Crippen LogP contribution in [0.2, 0.25) is 0 Å². The monoisotopic (exact) mass is 603 g/mol. The van der Waals surface area contributed by atoms with Gasteiger partial charge in [-0.1, -0.05) is 41.3 Å². The highest BCUT2D eigenvalue weighted by Gasteiger charge is 2.61. The predicted molar refractivity (Wildman–Crippen MR) is 155 cm³/mol. The lowest BCUT2D eigenvalue weighted by molar-refractivity contribution is -0.131. The van der Waals surface area contributed by atoms with Crippen LogP contribution in [-0.4, -0.2) is 78.4 Å². The fraction of sp³-hybridized carbons (Fsp3) is 0.778. The largest absolute Gasteiger partial charge is 0.444 e. The first kappa shape index (κ1) is 34.3. The van der Waals surface area contributed by atoms with Crippen LogP contribution in [-0.2, 0) is 29.1 Å². The fourth-order valence-corrected chi connectivity index (χ4v) is 6.37. The van der Waals surface area contributed by atoms with Crippen molar-refractivity contribution in [2.24, 2.45) is 17.3 Å². The topological polar surface area (TPSA) is 159 Å². The van der Waals surface area contributed by atoms with Gasteiger partial charge in [0.15, 0.2) is 11.6 Å². The molecule has 2 rings (SSSR count). The van der Waals surface area contributed by atoms with Crippen molar-refractivity contribution in [1.82, 2.24) is 14.7 Å². The second-order valence-corrected chi connectivity index (χ2v) is 14.7. The Balaban J connectivity index is 1.89. The average molecular weight is 604 g/mol. The molecule has 0 aromatic heterocycles. The minimum absolute atomic E-state index is 0.104. The fourth-order valence-electron chi connectivity index (χ4n) is 5.18. The number of Topliss-reactive ketones (excluding diaryl/α,β-unsaturated/α-hetero) is 2. The summed E-state index contributed by atoms with van der Waals surface area (Å²) in [6.07, 6.45) is 7.30. The smallest absolute Gasteiger partial charge is 0.408 e. The van der Waals surface area contributed by atoms with E-state index < -0.39 is 51.2 Å². The number of carbonyl (C=O) groups excluding carboxylic acids is 4. The molecule has 1 aliphatic heterocycles. The molecule has 3 N–H and O–H groups in total. The second-order valence-electron chi connectivity index (χ2n) is 12.3. The Labute approximate surface area is 240 Å². The zero-order valence-corrected chi connectivity index (χ0v) is 26.4. The molecule has 7 atom stereocenters. The number of nitrogens with one attached hydrogen (secondary N) is 2. The molecule has 40 heavy (non-hydrogen) atoms. The van der Waals surface area contributed by atoms with Gasteiger partial charge in [0.25, 0.3) is 0 Å². The standard InChI is InChI=1S/C27H46N3O8PS/c1-17-22(33)16-30(39)23(17)21(32)15-27(24(34)29-40(6,36)37)14-19(27)12-10-8-7-9-11-13-20(18(2)31)28-25(35)38-26(3,4)5/h10,12,17,19-20,22-23,33H,7-9,11,13-16,39H2,1-6H3,(H,28,35)(H,29,34)/b12-10-/t17?,19-,20+,22+,23+,27-/m1/s1. The number of unbranched alkanes of at least 4 members (excludes halogenated alkanes) is 3. The van der Waals surface area contributed by atoms with Gasteiger partial charge in [0.05, 0.1) is 29.9 Å². The molecule has 0 aromatic rings. The van der Waals surface area contributed by atoms with Crippen LogP contribution >= 0.6 is 9.39 Å².